The Kier molecular flexibility index (Phi) is 4.09. The Morgan fingerprint density at radius 2 is 1.61 bits per heavy atom. The highest BCUT2D eigenvalue weighted by molar-refractivity contribution is 5.86. The van der Waals surface area contributed by atoms with Crippen LogP contribution >= 0.6 is 0 Å². The van der Waals surface area contributed by atoms with Crippen molar-refractivity contribution in [2.24, 2.45) is 10.4 Å². The molecular weight excluding hydrogens is 238 g/mol. The van der Waals surface area contributed by atoms with Gasteiger partial charge in [-0.1, -0.05) is 0 Å². The summed E-state index contributed by atoms with van der Waals surface area (Å²) in [7, 11) is 0. The molecule has 0 aliphatic rings. The van der Waals surface area contributed by atoms with E-state index >= 15 is 0 Å². The number of rotatable bonds is 3. The van der Waals surface area contributed by atoms with E-state index in [0.29, 0.717) is 0 Å². The SMILES string of the molecule is CC(C)(C)OC(=O)Nc1cc(N=O)cc(N=O)c1. The van der Waals surface area contributed by atoms with Crippen LogP contribution in [0.25, 0.3) is 0 Å². The largest absolute Gasteiger partial charge is 0.444 e. The van der Waals surface area contributed by atoms with E-state index in [2.05, 4.69) is 15.7 Å². The Morgan fingerprint density at radius 3 is 2.00 bits per heavy atom. The summed E-state index contributed by atoms with van der Waals surface area (Å²) in [5.41, 5.74) is -0.427. The van der Waals surface area contributed by atoms with Gasteiger partial charge in [0.05, 0.1) is 0 Å². The maximum absolute atomic E-state index is 11.5. The van der Waals surface area contributed by atoms with Crippen molar-refractivity contribution in [1.82, 2.24) is 0 Å². The number of benzene rings is 1. The third-order valence-corrected chi connectivity index (χ3v) is 1.76. The predicted octanol–water partition coefficient (Wildman–Crippen LogP) is 3.83. The zero-order chi connectivity index (χ0) is 13.8. The van der Waals surface area contributed by atoms with E-state index < -0.39 is 11.7 Å². The average molecular weight is 251 g/mol. The number of hydrogen-bond donors (Lipinski definition) is 1. The lowest BCUT2D eigenvalue weighted by molar-refractivity contribution is 0.0636. The van der Waals surface area contributed by atoms with Crippen LogP contribution in [0.15, 0.2) is 28.6 Å². The molecule has 96 valence electrons. The molecule has 0 saturated carbocycles. The van der Waals surface area contributed by atoms with Gasteiger partial charge in [0, 0.05) is 5.69 Å². The predicted molar refractivity (Wildman–Crippen MR) is 67.2 cm³/mol. The first-order chi connectivity index (χ1) is 8.34. The molecule has 0 atom stereocenters. The number of nitrogens with zero attached hydrogens (tertiary/aromatic N) is 2. The molecule has 0 spiro atoms. The van der Waals surface area contributed by atoms with E-state index in [4.69, 9.17) is 4.74 Å². The number of nitroso groups, excluding NO2 is 2. The van der Waals surface area contributed by atoms with E-state index in [1.165, 1.54) is 18.2 Å². The van der Waals surface area contributed by atoms with Crippen LogP contribution in [-0.4, -0.2) is 11.7 Å². The second-order valence-corrected chi connectivity index (χ2v) is 4.55. The maximum Gasteiger partial charge on any atom is 0.412 e. The lowest BCUT2D eigenvalue weighted by Gasteiger charge is -2.19. The number of ether oxygens (including phenoxy) is 1. The van der Waals surface area contributed by atoms with Crippen molar-refractivity contribution in [3.63, 3.8) is 0 Å². The lowest BCUT2D eigenvalue weighted by Crippen LogP contribution is -2.27. The zero-order valence-corrected chi connectivity index (χ0v) is 10.3. The Bertz CT molecular complexity index is 453. The standard InChI is InChI=1S/C11H13N3O4/c1-11(2,3)18-10(15)12-7-4-8(13-16)6-9(5-7)14-17/h4-6H,1-3H3,(H,12,15). The molecule has 0 unspecified atom stereocenters. The first-order valence-electron chi connectivity index (χ1n) is 5.16. The van der Waals surface area contributed by atoms with Crippen LogP contribution in [0.4, 0.5) is 21.9 Å². The summed E-state index contributed by atoms with van der Waals surface area (Å²) in [5.74, 6) is 0. The van der Waals surface area contributed by atoms with Gasteiger partial charge >= 0.3 is 6.09 Å². The molecule has 1 rings (SSSR count). The summed E-state index contributed by atoms with van der Waals surface area (Å²) < 4.78 is 5.02. The van der Waals surface area contributed by atoms with Gasteiger partial charge in [-0.3, -0.25) is 5.32 Å². The summed E-state index contributed by atoms with van der Waals surface area (Å²) in [6.07, 6.45) is -0.692. The quantitative estimate of drug-likeness (QED) is 0.825. The molecule has 0 bridgehead atoms. The number of carbonyl (C=O) groups excluding carboxylic acids is 1. The summed E-state index contributed by atoms with van der Waals surface area (Å²) in [6.45, 7) is 5.15. The second kappa shape index (κ2) is 5.35. The van der Waals surface area contributed by atoms with Crippen molar-refractivity contribution in [2.75, 3.05) is 5.32 Å². The molecule has 0 aliphatic carbocycles. The first kappa shape index (κ1) is 13.8. The van der Waals surface area contributed by atoms with Gasteiger partial charge in [0.25, 0.3) is 0 Å². The molecule has 1 aromatic carbocycles. The van der Waals surface area contributed by atoms with Gasteiger partial charge in [0.15, 0.2) is 0 Å². The molecule has 0 radical (unpaired) electrons. The third kappa shape index (κ3) is 4.28. The fraction of sp³-hybridized carbons (Fsp3) is 0.364. The molecule has 1 N–H and O–H groups in total. The second-order valence-electron chi connectivity index (χ2n) is 4.55. The minimum atomic E-state index is -0.692. The molecule has 1 aromatic rings. The van der Waals surface area contributed by atoms with Crippen LogP contribution in [0.3, 0.4) is 0 Å². The van der Waals surface area contributed by atoms with Crippen LogP contribution in [-0.2, 0) is 4.74 Å². The van der Waals surface area contributed by atoms with Crippen LogP contribution in [0.2, 0.25) is 0 Å². The molecule has 7 heteroatoms. The van der Waals surface area contributed by atoms with Gasteiger partial charge < -0.3 is 4.74 Å². The van der Waals surface area contributed by atoms with Crippen LogP contribution < -0.4 is 5.32 Å². The molecular formula is C11H13N3O4. The molecule has 7 nitrogen and oxygen atoms in total. The van der Waals surface area contributed by atoms with Crippen molar-refractivity contribution in [2.45, 2.75) is 26.4 Å². The molecule has 0 heterocycles. The molecule has 0 aliphatic heterocycles. The van der Waals surface area contributed by atoms with Gasteiger partial charge in [-0.2, -0.15) is 0 Å². The van der Waals surface area contributed by atoms with E-state index in [9.17, 15) is 14.6 Å². The van der Waals surface area contributed by atoms with Gasteiger partial charge in [-0.25, -0.2) is 4.79 Å². The Labute approximate surface area is 103 Å². The summed E-state index contributed by atoms with van der Waals surface area (Å²) in [4.78, 5) is 32.3. The van der Waals surface area contributed by atoms with E-state index in [1.54, 1.807) is 20.8 Å². The fourth-order valence-corrected chi connectivity index (χ4v) is 1.19. The van der Waals surface area contributed by atoms with Crippen molar-refractivity contribution in [3.8, 4) is 0 Å². The minimum Gasteiger partial charge on any atom is -0.444 e. The van der Waals surface area contributed by atoms with Crippen molar-refractivity contribution >= 4 is 23.2 Å². The van der Waals surface area contributed by atoms with Crippen molar-refractivity contribution in [1.29, 1.82) is 0 Å². The number of anilines is 1. The fourth-order valence-electron chi connectivity index (χ4n) is 1.19. The monoisotopic (exact) mass is 251 g/mol. The maximum atomic E-state index is 11.5. The third-order valence-electron chi connectivity index (χ3n) is 1.76. The number of nitrogens with one attached hydrogen (secondary N) is 1. The van der Waals surface area contributed by atoms with Gasteiger partial charge in [-0.15, -0.1) is 9.81 Å². The van der Waals surface area contributed by atoms with E-state index in [-0.39, 0.29) is 17.1 Å². The zero-order valence-electron chi connectivity index (χ0n) is 10.3. The molecule has 0 aromatic heterocycles. The van der Waals surface area contributed by atoms with Gasteiger partial charge in [0.2, 0.25) is 0 Å². The van der Waals surface area contributed by atoms with Crippen molar-refractivity contribution in [3.05, 3.63) is 28.0 Å². The average Bonchev–Trinajstić information content (AvgIpc) is 2.25. The number of carbonyl (C=O) groups is 1. The summed E-state index contributed by atoms with van der Waals surface area (Å²) in [5, 5.41) is 7.75. The highest BCUT2D eigenvalue weighted by Crippen LogP contribution is 2.26. The molecule has 1 amide bonds. The first-order valence-corrected chi connectivity index (χ1v) is 5.16. The molecule has 0 fully saturated rings. The summed E-state index contributed by atoms with van der Waals surface area (Å²) in [6, 6.07) is 3.83. The van der Waals surface area contributed by atoms with E-state index in [0.717, 1.165) is 0 Å². The number of amides is 1. The van der Waals surface area contributed by atoms with Gasteiger partial charge in [0.1, 0.15) is 17.0 Å². The smallest absolute Gasteiger partial charge is 0.412 e. The summed E-state index contributed by atoms with van der Waals surface area (Å²) >= 11 is 0. The van der Waals surface area contributed by atoms with E-state index in [1.807, 2.05) is 0 Å². The minimum absolute atomic E-state index is 0.00170. The normalized spacial score (nSPS) is 10.6. The molecule has 18 heavy (non-hydrogen) atoms. The topological polar surface area (TPSA) is 97.2 Å². The van der Waals surface area contributed by atoms with Gasteiger partial charge in [-0.05, 0) is 49.3 Å². The number of hydrogen-bond acceptors (Lipinski definition) is 6. The Morgan fingerprint density at radius 1 is 1.11 bits per heavy atom. The Balaban J connectivity index is 2.87. The molecule has 0 saturated heterocycles. The highest BCUT2D eigenvalue weighted by Gasteiger charge is 2.16. The van der Waals surface area contributed by atoms with Crippen molar-refractivity contribution < 1.29 is 9.53 Å². The van der Waals surface area contributed by atoms with Crippen LogP contribution in [0.1, 0.15) is 20.8 Å². The van der Waals surface area contributed by atoms with Crippen LogP contribution in [0, 0.1) is 9.81 Å². The highest BCUT2D eigenvalue weighted by atomic mass is 16.6. The Hall–Kier alpha value is -2.31. The van der Waals surface area contributed by atoms with Crippen LogP contribution in [0.5, 0.6) is 0 Å². The lowest BCUT2D eigenvalue weighted by atomic mass is 10.2.